The zero-order chi connectivity index (χ0) is 7.61. The summed E-state index contributed by atoms with van der Waals surface area (Å²) in [6.45, 7) is -1.46. The molecular weight excluding hydrogens is 98.1 g/mol. The lowest BCUT2D eigenvalue weighted by Gasteiger charge is -1.87. The number of quaternary nitrogens is 1. The SMILES string of the molecule is [2H]C([2H])([NH3+])c1ccccc1. The average molecular weight is 110 g/mol. The highest BCUT2D eigenvalue weighted by molar-refractivity contribution is 5.12. The largest absolute Gasteiger partial charge is 0.354 e. The van der Waals surface area contributed by atoms with Gasteiger partial charge in [-0.1, -0.05) is 30.3 Å². The van der Waals surface area contributed by atoms with Crippen molar-refractivity contribution >= 4 is 0 Å². The molecule has 0 heterocycles. The maximum Gasteiger partial charge on any atom is 0.0997 e. The van der Waals surface area contributed by atoms with E-state index in [9.17, 15) is 0 Å². The predicted octanol–water partition coefficient (Wildman–Crippen LogP) is 0.428. The van der Waals surface area contributed by atoms with Gasteiger partial charge in [-0.2, -0.15) is 0 Å². The quantitative estimate of drug-likeness (QED) is 0.543. The lowest BCUT2D eigenvalue weighted by atomic mass is 10.2. The molecule has 0 radical (unpaired) electrons. The fourth-order valence-corrected chi connectivity index (χ4v) is 0.556. The Kier molecular flexibility index (Phi) is 1.01. The highest BCUT2D eigenvalue weighted by Gasteiger charge is 1.82. The van der Waals surface area contributed by atoms with E-state index in [1.54, 1.807) is 24.3 Å². The van der Waals surface area contributed by atoms with E-state index >= 15 is 0 Å². The first-order valence-corrected chi connectivity index (χ1v) is 2.51. The van der Waals surface area contributed by atoms with Crippen molar-refractivity contribution in [3.8, 4) is 0 Å². The molecule has 42 valence electrons. The van der Waals surface area contributed by atoms with Gasteiger partial charge >= 0.3 is 0 Å². The summed E-state index contributed by atoms with van der Waals surface area (Å²) in [6.07, 6.45) is 0. The highest BCUT2D eigenvalue weighted by atomic mass is 14.5. The minimum Gasteiger partial charge on any atom is -0.354 e. The van der Waals surface area contributed by atoms with Crippen molar-refractivity contribution in [1.29, 1.82) is 0 Å². The Morgan fingerprint density at radius 3 is 2.38 bits per heavy atom. The molecule has 1 aromatic carbocycles. The Morgan fingerprint density at radius 1 is 1.38 bits per heavy atom. The van der Waals surface area contributed by atoms with Crippen molar-refractivity contribution in [2.45, 2.75) is 6.50 Å². The predicted molar refractivity (Wildman–Crippen MR) is 33.0 cm³/mol. The molecule has 0 bridgehead atoms. The van der Waals surface area contributed by atoms with Crippen LogP contribution in [0.2, 0.25) is 0 Å². The molecule has 0 aliphatic rings. The van der Waals surface area contributed by atoms with Crippen molar-refractivity contribution in [3.63, 3.8) is 0 Å². The van der Waals surface area contributed by atoms with E-state index < -0.39 is 6.50 Å². The standard InChI is InChI=1S/C7H9N/c8-6-7-4-2-1-3-5-7/h1-5H,6,8H2/p+1/i6D2. The van der Waals surface area contributed by atoms with Crippen LogP contribution < -0.4 is 5.73 Å². The third kappa shape index (κ3) is 1.07. The molecule has 0 aliphatic heterocycles. The average Bonchev–Trinajstić information content (AvgIpc) is 1.88. The molecular formula is C7H10N+. The van der Waals surface area contributed by atoms with Crippen LogP contribution in [-0.4, -0.2) is 0 Å². The van der Waals surface area contributed by atoms with Gasteiger partial charge in [0.2, 0.25) is 0 Å². The summed E-state index contributed by atoms with van der Waals surface area (Å²) in [6, 6.07) is 8.92. The van der Waals surface area contributed by atoms with Crippen molar-refractivity contribution in [3.05, 3.63) is 35.9 Å². The Balaban J connectivity index is 2.97. The molecule has 1 rings (SSSR count). The third-order valence-electron chi connectivity index (χ3n) is 0.978. The van der Waals surface area contributed by atoms with Gasteiger partial charge in [0.1, 0.15) is 0 Å². The molecule has 0 saturated heterocycles. The van der Waals surface area contributed by atoms with Gasteiger partial charge in [0, 0.05) is 5.56 Å². The molecule has 0 atom stereocenters. The van der Waals surface area contributed by atoms with Crippen LogP contribution in [0.4, 0.5) is 0 Å². The number of benzene rings is 1. The molecule has 0 saturated carbocycles. The molecule has 1 aromatic rings. The van der Waals surface area contributed by atoms with Crippen molar-refractivity contribution in [2.75, 3.05) is 0 Å². The van der Waals surface area contributed by atoms with Crippen LogP contribution in [0.1, 0.15) is 8.30 Å². The first-order chi connectivity index (χ1) is 4.61. The summed E-state index contributed by atoms with van der Waals surface area (Å²) in [5.74, 6) is 0. The van der Waals surface area contributed by atoms with E-state index in [1.165, 1.54) is 0 Å². The zero-order valence-electron chi connectivity index (χ0n) is 6.59. The van der Waals surface area contributed by atoms with Crippen LogP contribution in [0.3, 0.4) is 0 Å². The van der Waals surface area contributed by atoms with Crippen molar-refractivity contribution in [1.82, 2.24) is 0 Å². The zero-order valence-corrected chi connectivity index (χ0v) is 4.59. The van der Waals surface area contributed by atoms with Crippen LogP contribution in [0.25, 0.3) is 0 Å². The lowest BCUT2D eigenvalue weighted by Crippen LogP contribution is -2.47. The topological polar surface area (TPSA) is 27.6 Å². The summed E-state index contributed by atoms with van der Waals surface area (Å²) < 4.78 is 14.5. The van der Waals surface area contributed by atoms with Crippen LogP contribution in [0.15, 0.2) is 30.3 Å². The molecule has 1 heteroatoms. The van der Waals surface area contributed by atoms with Crippen LogP contribution >= 0.6 is 0 Å². The van der Waals surface area contributed by atoms with Crippen LogP contribution in [0.5, 0.6) is 0 Å². The highest BCUT2D eigenvalue weighted by Crippen LogP contribution is 1.93. The van der Waals surface area contributed by atoms with Crippen LogP contribution in [0, 0.1) is 0 Å². The van der Waals surface area contributed by atoms with E-state index in [0.29, 0.717) is 5.56 Å². The van der Waals surface area contributed by atoms with Crippen LogP contribution in [-0.2, 0) is 6.50 Å². The fourth-order valence-electron chi connectivity index (χ4n) is 0.556. The molecule has 1 nitrogen and oxygen atoms in total. The van der Waals surface area contributed by atoms with Gasteiger partial charge < -0.3 is 5.73 Å². The number of hydrogen-bond donors (Lipinski definition) is 1. The van der Waals surface area contributed by atoms with E-state index in [4.69, 9.17) is 2.74 Å². The van der Waals surface area contributed by atoms with Gasteiger partial charge in [0.25, 0.3) is 0 Å². The van der Waals surface area contributed by atoms with Gasteiger partial charge in [-0.05, 0) is 0 Å². The Morgan fingerprint density at radius 2 is 2.00 bits per heavy atom. The smallest absolute Gasteiger partial charge is 0.0997 e. The first-order valence-electron chi connectivity index (χ1n) is 3.51. The first kappa shape index (κ1) is 3.25. The molecule has 0 unspecified atom stereocenters. The second kappa shape index (κ2) is 2.48. The Bertz CT molecular complexity index is 203. The Hall–Kier alpha value is -0.820. The molecule has 8 heavy (non-hydrogen) atoms. The van der Waals surface area contributed by atoms with Gasteiger partial charge in [0.05, 0.1) is 9.24 Å². The lowest BCUT2D eigenvalue weighted by molar-refractivity contribution is -0.386. The minimum absolute atomic E-state index is 0.620. The van der Waals surface area contributed by atoms with Gasteiger partial charge in [0.15, 0.2) is 0 Å². The van der Waals surface area contributed by atoms with E-state index in [-0.39, 0.29) is 0 Å². The van der Waals surface area contributed by atoms with Gasteiger partial charge in [-0.3, -0.25) is 0 Å². The molecule has 0 fully saturated rings. The maximum atomic E-state index is 7.23. The summed E-state index contributed by atoms with van der Waals surface area (Å²) in [4.78, 5) is 0. The maximum absolute atomic E-state index is 7.23. The van der Waals surface area contributed by atoms with E-state index in [1.807, 2.05) is 6.07 Å². The van der Waals surface area contributed by atoms with Gasteiger partial charge in [-0.15, -0.1) is 0 Å². The summed E-state index contributed by atoms with van der Waals surface area (Å²) in [5.41, 5.74) is 3.99. The number of hydrogen-bond acceptors (Lipinski definition) is 0. The minimum atomic E-state index is -1.46. The van der Waals surface area contributed by atoms with Crippen molar-refractivity contribution in [2.24, 2.45) is 0 Å². The molecule has 0 amide bonds. The normalized spacial score (nSPS) is 14.6. The summed E-state index contributed by atoms with van der Waals surface area (Å²) in [7, 11) is 0. The van der Waals surface area contributed by atoms with Gasteiger partial charge in [-0.25, -0.2) is 0 Å². The number of rotatable bonds is 1. The third-order valence-corrected chi connectivity index (χ3v) is 0.978. The molecule has 0 aliphatic carbocycles. The fraction of sp³-hybridized carbons (Fsp3) is 0.143. The second-order valence-electron chi connectivity index (χ2n) is 1.54. The van der Waals surface area contributed by atoms with E-state index in [2.05, 4.69) is 5.73 Å². The van der Waals surface area contributed by atoms with Crippen molar-refractivity contribution < 1.29 is 8.48 Å². The molecule has 0 spiro atoms. The Labute approximate surface area is 51.9 Å². The summed E-state index contributed by atoms with van der Waals surface area (Å²) >= 11 is 0. The van der Waals surface area contributed by atoms with E-state index in [0.717, 1.165) is 0 Å². The monoisotopic (exact) mass is 110 g/mol. The molecule has 0 aromatic heterocycles. The second-order valence-corrected chi connectivity index (χ2v) is 1.54. The molecule has 3 N–H and O–H groups in total. The summed E-state index contributed by atoms with van der Waals surface area (Å²) in [5, 5.41) is 0.